The normalized spacial score (nSPS) is 10.4. The van der Waals surface area contributed by atoms with Gasteiger partial charge in [-0.25, -0.2) is 4.79 Å². The summed E-state index contributed by atoms with van der Waals surface area (Å²) < 4.78 is 10.5. The summed E-state index contributed by atoms with van der Waals surface area (Å²) >= 11 is 5.94. The Morgan fingerprint density at radius 2 is 2.08 bits per heavy atom. The number of amides is 1. The van der Waals surface area contributed by atoms with Gasteiger partial charge in [0.2, 0.25) is 5.91 Å². The molecule has 0 aliphatic carbocycles. The number of nitrogens with one attached hydrogen (secondary N) is 2. The van der Waals surface area contributed by atoms with Crippen molar-refractivity contribution in [2.24, 2.45) is 0 Å². The molecule has 0 radical (unpaired) electrons. The molecule has 0 unspecified atom stereocenters. The van der Waals surface area contributed by atoms with Crippen LogP contribution in [0.5, 0.6) is 5.75 Å². The highest BCUT2D eigenvalue weighted by Crippen LogP contribution is 2.27. The van der Waals surface area contributed by atoms with E-state index in [0.29, 0.717) is 34.5 Å². The second-order valence-corrected chi connectivity index (χ2v) is 5.72. The van der Waals surface area contributed by atoms with E-state index in [1.807, 2.05) is 0 Å². The van der Waals surface area contributed by atoms with Gasteiger partial charge in [-0.15, -0.1) is 0 Å². The molecule has 25 heavy (non-hydrogen) atoms. The van der Waals surface area contributed by atoms with Crippen LogP contribution in [0.3, 0.4) is 0 Å². The van der Waals surface area contributed by atoms with E-state index < -0.39 is 5.97 Å². The van der Waals surface area contributed by atoms with Crippen LogP contribution in [0.25, 0.3) is 0 Å². The van der Waals surface area contributed by atoms with E-state index in [9.17, 15) is 9.59 Å². The molecular formula is C17H19ClN2O5. The Morgan fingerprint density at radius 1 is 1.32 bits per heavy atom. The summed E-state index contributed by atoms with van der Waals surface area (Å²) in [6.07, 6.45) is 0.223. The third kappa shape index (κ3) is 5.15. The van der Waals surface area contributed by atoms with E-state index in [1.165, 1.54) is 6.07 Å². The first-order valence-electron chi connectivity index (χ1n) is 7.57. The van der Waals surface area contributed by atoms with Crippen LogP contribution < -0.4 is 15.4 Å². The summed E-state index contributed by atoms with van der Waals surface area (Å²) in [6.45, 7) is 2.09. The molecule has 3 N–H and O–H groups in total. The van der Waals surface area contributed by atoms with Gasteiger partial charge in [0.1, 0.15) is 22.8 Å². The standard InChI is InChI=1S/C17H19ClN2O5/c1-10-13(17(22)23)8-12(25-10)9-20-16(21)5-6-19-14-7-11(18)3-4-15(14)24-2/h3-4,7-8,19H,5-6,9H2,1-2H3,(H,20,21)(H,22,23). The Balaban J connectivity index is 1.80. The van der Waals surface area contributed by atoms with Gasteiger partial charge in [-0.1, -0.05) is 11.6 Å². The maximum Gasteiger partial charge on any atom is 0.339 e. The molecule has 0 fully saturated rings. The molecule has 0 saturated heterocycles. The molecule has 0 aliphatic rings. The first kappa shape index (κ1) is 18.7. The van der Waals surface area contributed by atoms with Crippen LogP contribution in [-0.4, -0.2) is 30.6 Å². The van der Waals surface area contributed by atoms with Gasteiger partial charge < -0.3 is 24.9 Å². The number of aryl methyl sites for hydroxylation is 1. The summed E-state index contributed by atoms with van der Waals surface area (Å²) in [5.74, 6) is 0.0918. The fourth-order valence-corrected chi connectivity index (χ4v) is 2.42. The summed E-state index contributed by atoms with van der Waals surface area (Å²) in [6, 6.07) is 6.59. The van der Waals surface area contributed by atoms with Crippen LogP contribution in [0.15, 0.2) is 28.7 Å². The van der Waals surface area contributed by atoms with Crippen molar-refractivity contribution in [3.63, 3.8) is 0 Å². The van der Waals surface area contributed by atoms with Crippen molar-refractivity contribution < 1.29 is 23.8 Å². The van der Waals surface area contributed by atoms with Gasteiger partial charge >= 0.3 is 5.97 Å². The van der Waals surface area contributed by atoms with Gasteiger partial charge in [0, 0.05) is 18.0 Å². The zero-order valence-corrected chi connectivity index (χ0v) is 14.6. The van der Waals surface area contributed by atoms with E-state index in [1.54, 1.807) is 32.2 Å². The molecule has 7 nitrogen and oxygen atoms in total. The highest BCUT2D eigenvalue weighted by Gasteiger charge is 2.14. The minimum Gasteiger partial charge on any atom is -0.495 e. The van der Waals surface area contributed by atoms with E-state index >= 15 is 0 Å². The van der Waals surface area contributed by atoms with Gasteiger partial charge in [-0.2, -0.15) is 0 Å². The van der Waals surface area contributed by atoms with Crippen molar-refractivity contribution in [2.45, 2.75) is 19.9 Å². The molecule has 2 rings (SSSR count). The molecule has 2 aromatic rings. The van der Waals surface area contributed by atoms with Crippen LogP contribution in [0.4, 0.5) is 5.69 Å². The average molecular weight is 367 g/mol. The van der Waals surface area contributed by atoms with Crippen molar-refractivity contribution in [1.82, 2.24) is 5.32 Å². The van der Waals surface area contributed by atoms with Crippen molar-refractivity contribution >= 4 is 29.2 Å². The largest absolute Gasteiger partial charge is 0.495 e. The lowest BCUT2D eigenvalue weighted by atomic mass is 10.2. The summed E-state index contributed by atoms with van der Waals surface area (Å²) in [5, 5.41) is 15.3. The summed E-state index contributed by atoms with van der Waals surface area (Å²) in [7, 11) is 1.55. The third-order valence-electron chi connectivity index (χ3n) is 3.49. The molecule has 0 aliphatic heterocycles. The number of aromatic carboxylic acids is 1. The quantitative estimate of drug-likeness (QED) is 0.663. The number of furan rings is 1. The van der Waals surface area contributed by atoms with Crippen LogP contribution in [0.1, 0.15) is 28.3 Å². The number of hydrogen-bond donors (Lipinski definition) is 3. The van der Waals surface area contributed by atoms with Crippen molar-refractivity contribution in [3.05, 3.63) is 46.4 Å². The topological polar surface area (TPSA) is 101 Å². The molecule has 0 spiro atoms. The van der Waals surface area contributed by atoms with Gasteiger partial charge in [0.25, 0.3) is 0 Å². The smallest absolute Gasteiger partial charge is 0.339 e. The number of halogens is 1. The highest BCUT2D eigenvalue weighted by molar-refractivity contribution is 6.30. The Kier molecular flexibility index (Phi) is 6.30. The van der Waals surface area contributed by atoms with Crippen LogP contribution in [0.2, 0.25) is 5.02 Å². The zero-order chi connectivity index (χ0) is 18.4. The van der Waals surface area contributed by atoms with Gasteiger partial charge in [-0.3, -0.25) is 4.79 Å². The number of benzene rings is 1. The fraction of sp³-hybridized carbons (Fsp3) is 0.294. The zero-order valence-electron chi connectivity index (χ0n) is 13.9. The summed E-state index contributed by atoms with van der Waals surface area (Å²) in [5.41, 5.74) is 0.800. The minimum absolute atomic E-state index is 0.0963. The molecule has 1 amide bonds. The molecule has 1 aromatic carbocycles. The van der Waals surface area contributed by atoms with Crippen LogP contribution in [0, 0.1) is 6.92 Å². The summed E-state index contributed by atoms with van der Waals surface area (Å²) in [4.78, 5) is 22.8. The molecule has 8 heteroatoms. The number of anilines is 1. The first-order valence-corrected chi connectivity index (χ1v) is 7.95. The minimum atomic E-state index is -1.06. The lowest BCUT2D eigenvalue weighted by Gasteiger charge is -2.11. The van der Waals surface area contributed by atoms with E-state index in [4.69, 9.17) is 25.9 Å². The van der Waals surface area contributed by atoms with Gasteiger partial charge in [-0.05, 0) is 31.2 Å². The second kappa shape index (κ2) is 8.43. The number of ether oxygens (including phenoxy) is 1. The number of hydrogen-bond acceptors (Lipinski definition) is 5. The predicted octanol–water partition coefficient (Wildman–Crippen LogP) is 3.07. The van der Waals surface area contributed by atoms with E-state index in [2.05, 4.69) is 10.6 Å². The first-order chi connectivity index (χ1) is 11.9. The van der Waals surface area contributed by atoms with E-state index in [-0.39, 0.29) is 24.4 Å². The molecule has 134 valence electrons. The Morgan fingerprint density at radius 3 is 2.72 bits per heavy atom. The lowest BCUT2D eigenvalue weighted by Crippen LogP contribution is -2.24. The Bertz CT molecular complexity index is 772. The molecule has 0 bridgehead atoms. The average Bonchev–Trinajstić information content (AvgIpc) is 2.94. The molecule has 0 atom stereocenters. The Hall–Kier alpha value is -2.67. The number of carboxylic acid groups (broad SMARTS) is 1. The number of carboxylic acids is 1. The van der Waals surface area contributed by atoms with Crippen molar-refractivity contribution in [3.8, 4) is 5.75 Å². The van der Waals surface area contributed by atoms with Crippen molar-refractivity contribution in [1.29, 1.82) is 0 Å². The monoisotopic (exact) mass is 366 g/mol. The molecule has 0 saturated carbocycles. The lowest BCUT2D eigenvalue weighted by molar-refractivity contribution is -0.121. The second-order valence-electron chi connectivity index (χ2n) is 5.29. The Labute approximate surface area is 149 Å². The maximum absolute atomic E-state index is 11.9. The maximum atomic E-state index is 11.9. The van der Waals surface area contributed by atoms with E-state index in [0.717, 1.165) is 0 Å². The van der Waals surface area contributed by atoms with Crippen LogP contribution >= 0.6 is 11.6 Å². The van der Waals surface area contributed by atoms with Gasteiger partial charge in [0.15, 0.2) is 0 Å². The SMILES string of the molecule is COc1ccc(Cl)cc1NCCC(=O)NCc1cc(C(=O)O)c(C)o1. The number of rotatable bonds is 8. The number of carbonyl (C=O) groups excluding carboxylic acids is 1. The van der Waals surface area contributed by atoms with Crippen LogP contribution in [-0.2, 0) is 11.3 Å². The highest BCUT2D eigenvalue weighted by atomic mass is 35.5. The van der Waals surface area contributed by atoms with Crippen molar-refractivity contribution in [2.75, 3.05) is 19.0 Å². The number of methoxy groups -OCH3 is 1. The number of carbonyl (C=O) groups is 2. The molecule has 1 aromatic heterocycles. The molecular weight excluding hydrogens is 348 g/mol. The molecule has 1 heterocycles. The van der Waals surface area contributed by atoms with Gasteiger partial charge in [0.05, 0.1) is 19.3 Å². The third-order valence-corrected chi connectivity index (χ3v) is 3.72. The fourth-order valence-electron chi connectivity index (χ4n) is 2.25. The predicted molar refractivity (Wildman–Crippen MR) is 93.4 cm³/mol.